The van der Waals surface area contributed by atoms with Gasteiger partial charge in [0.15, 0.2) is 6.61 Å². The highest BCUT2D eigenvalue weighted by atomic mass is 35.5. The van der Waals surface area contributed by atoms with E-state index in [1.807, 2.05) is 0 Å². The minimum absolute atomic E-state index is 0.0158. The van der Waals surface area contributed by atoms with E-state index < -0.39 is 0 Å². The van der Waals surface area contributed by atoms with Gasteiger partial charge in [-0.25, -0.2) is 0 Å². The minimum atomic E-state index is -0.179. The molecule has 3 N–H and O–H groups in total. The molecule has 0 aliphatic carbocycles. The molecule has 0 saturated heterocycles. The van der Waals surface area contributed by atoms with Gasteiger partial charge >= 0.3 is 0 Å². The number of benzene rings is 1. The fraction of sp³-hybridized carbons (Fsp3) is 0.250. The molecular weight excluding hydrogens is 240 g/mol. The molecule has 0 spiro atoms. The summed E-state index contributed by atoms with van der Waals surface area (Å²) in [5, 5.41) is 3.30. The Balaban J connectivity index is 2.23. The van der Waals surface area contributed by atoms with E-state index in [-0.39, 0.29) is 12.5 Å². The van der Waals surface area contributed by atoms with E-state index in [2.05, 4.69) is 5.32 Å². The van der Waals surface area contributed by atoms with Crippen LogP contribution < -0.4 is 15.8 Å². The third kappa shape index (κ3) is 5.94. The van der Waals surface area contributed by atoms with Crippen molar-refractivity contribution < 1.29 is 9.53 Å². The van der Waals surface area contributed by atoms with Gasteiger partial charge in [-0.05, 0) is 24.3 Å². The Morgan fingerprint density at radius 3 is 2.71 bits per heavy atom. The van der Waals surface area contributed by atoms with Gasteiger partial charge in [-0.3, -0.25) is 4.79 Å². The van der Waals surface area contributed by atoms with Crippen molar-refractivity contribution in [1.29, 1.82) is 0 Å². The van der Waals surface area contributed by atoms with Gasteiger partial charge in [-0.2, -0.15) is 0 Å². The molecule has 4 nitrogen and oxygen atoms in total. The van der Waals surface area contributed by atoms with Crippen LogP contribution in [0.1, 0.15) is 0 Å². The number of carbonyl (C=O) groups is 1. The van der Waals surface area contributed by atoms with Crippen molar-refractivity contribution in [3.8, 4) is 5.75 Å². The van der Waals surface area contributed by atoms with Crippen LogP contribution >= 0.6 is 11.6 Å². The molecule has 0 aromatic heterocycles. The van der Waals surface area contributed by atoms with Gasteiger partial charge in [0.2, 0.25) is 0 Å². The lowest BCUT2D eigenvalue weighted by molar-refractivity contribution is -0.122. The first-order chi connectivity index (χ1) is 8.22. The molecule has 0 heterocycles. The lowest BCUT2D eigenvalue weighted by Crippen LogP contribution is -2.28. The Kier molecular flexibility index (Phi) is 6.14. The number of nitrogens with two attached hydrogens (primary N) is 1. The first kappa shape index (κ1) is 13.5. The summed E-state index contributed by atoms with van der Waals surface area (Å²) in [6.07, 6.45) is 3.57. The Morgan fingerprint density at radius 2 is 2.06 bits per heavy atom. The summed E-state index contributed by atoms with van der Waals surface area (Å²) in [5.41, 5.74) is 5.26. The van der Waals surface area contributed by atoms with E-state index in [0.717, 1.165) is 0 Å². The van der Waals surface area contributed by atoms with Crippen LogP contribution in [-0.2, 0) is 4.79 Å². The van der Waals surface area contributed by atoms with Gasteiger partial charge in [0.25, 0.3) is 5.91 Å². The topological polar surface area (TPSA) is 64.3 Å². The molecule has 0 fully saturated rings. The van der Waals surface area contributed by atoms with Crippen LogP contribution in [0.3, 0.4) is 0 Å². The van der Waals surface area contributed by atoms with Gasteiger partial charge in [-0.1, -0.05) is 23.8 Å². The van der Waals surface area contributed by atoms with Crippen LogP contribution in [0.25, 0.3) is 0 Å². The second-order valence-corrected chi connectivity index (χ2v) is 3.69. The molecule has 0 bridgehead atoms. The molecule has 0 aliphatic rings. The van der Waals surface area contributed by atoms with Crippen molar-refractivity contribution in [3.05, 3.63) is 41.4 Å². The Hall–Kier alpha value is -1.52. The zero-order valence-electron chi connectivity index (χ0n) is 9.36. The molecule has 92 valence electrons. The molecule has 17 heavy (non-hydrogen) atoms. The van der Waals surface area contributed by atoms with E-state index in [1.54, 1.807) is 36.4 Å². The lowest BCUT2D eigenvalue weighted by Gasteiger charge is -2.05. The molecule has 0 aliphatic heterocycles. The summed E-state index contributed by atoms with van der Waals surface area (Å²) >= 11 is 5.72. The van der Waals surface area contributed by atoms with Crippen molar-refractivity contribution in [1.82, 2.24) is 5.32 Å². The Bertz CT molecular complexity index is 377. The summed E-state index contributed by atoms with van der Waals surface area (Å²) in [7, 11) is 0. The molecule has 1 aromatic rings. The van der Waals surface area contributed by atoms with Crippen molar-refractivity contribution in [2.45, 2.75) is 0 Å². The van der Waals surface area contributed by atoms with Crippen LogP contribution in [-0.4, -0.2) is 25.6 Å². The van der Waals surface area contributed by atoms with E-state index in [9.17, 15) is 4.79 Å². The molecule has 1 amide bonds. The number of halogens is 1. The normalized spacial score (nSPS) is 10.5. The maximum absolute atomic E-state index is 11.3. The predicted molar refractivity (Wildman–Crippen MR) is 68.2 cm³/mol. The molecule has 0 unspecified atom stereocenters. The summed E-state index contributed by atoms with van der Waals surface area (Å²) in [6.45, 7) is 0.912. The predicted octanol–water partition coefficient (Wildman–Crippen LogP) is 1.35. The van der Waals surface area contributed by atoms with Crippen LogP contribution in [0, 0.1) is 0 Å². The highest BCUT2D eigenvalue weighted by Crippen LogP contribution is 2.15. The highest BCUT2D eigenvalue weighted by molar-refractivity contribution is 6.30. The smallest absolute Gasteiger partial charge is 0.258 e. The number of nitrogens with one attached hydrogen (secondary N) is 1. The maximum Gasteiger partial charge on any atom is 0.258 e. The lowest BCUT2D eigenvalue weighted by atomic mass is 10.3. The number of hydrogen-bond acceptors (Lipinski definition) is 3. The molecule has 5 heteroatoms. The minimum Gasteiger partial charge on any atom is -0.484 e. The number of hydrogen-bond donors (Lipinski definition) is 2. The summed E-state index contributed by atoms with van der Waals surface area (Å²) in [4.78, 5) is 11.3. The first-order valence-electron chi connectivity index (χ1n) is 5.22. The highest BCUT2D eigenvalue weighted by Gasteiger charge is 2.00. The zero-order valence-corrected chi connectivity index (χ0v) is 10.1. The summed E-state index contributed by atoms with van der Waals surface area (Å²) in [6, 6.07) is 6.84. The Labute approximate surface area is 105 Å². The fourth-order valence-corrected chi connectivity index (χ4v) is 1.21. The number of rotatable bonds is 6. The van der Waals surface area contributed by atoms with Gasteiger partial charge in [0.1, 0.15) is 5.75 Å². The van der Waals surface area contributed by atoms with Gasteiger partial charge in [0.05, 0.1) is 0 Å². The largest absolute Gasteiger partial charge is 0.484 e. The van der Waals surface area contributed by atoms with Crippen molar-refractivity contribution in [2.75, 3.05) is 19.7 Å². The molecule has 1 aromatic carbocycles. The third-order valence-electron chi connectivity index (χ3n) is 1.90. The van der Waals surface area contributed by atoms with Gasteiger partial charge in [0, 0.05) is 18.1 Å². The van der Waals surface area contributed by atoms with E-state index >= 15 is 0 Å². The van der Waals surface area contributed by atoms with E-state index in [1.165, 1.54) is 0 Å². The van der Waals surface area contributed by atoms with Gasteiger partial charge in [-0.15, -0.1) is 0 Å². The van der Waals surface area contributed by atoms with Crippen LogP contribution in [0.2, 0.25) is 5.02 Å². The van der Waals surface area contributed by atoms with Crippen LogP contribution in [0.4, 0.5) is 0 Å². The average Bonchev–Trinajstić information content (AvgIpc) is 2.34. The van der Waals surface area contributed by atoms with Crippen LogP contribution in [0.5, 0.6) is 5.75 Å². The number of carbonyl (C=O) groups excluding carboxylic acids is 1. The number of ether oxygens (including phenoxy) is 1. The third-order valence-corrected chi connectivity index (χ3v) is 2.16. The standard InChI is InChI=1S/C12H15ClN2O2/c13-10-3-5-11(6-4-10)17-9-12(16)15-8-2-1-7-14/h1-6H,7-9,14H2,(H,15,16). The van der Waals surface area contributed by atoms with Crippen molar-refractivity contribution in [3.63, 3.8) is 0 Å². The molecule has 0 saturated carbocycles. The SMILES string of the molecule is NCC=CCNC(=O)COc1ccc(Cl)cc1. The second-order valence-electron chi connectivity index (χ2n) is 3.25. The average molecular weight is 255 g/mol. The summed E-state index contributed by atoms with van der Waals surface area (Å²) in [5.74, 6) is 0.434. The molecule has 1 rings (SSSR count). The molecule has 0 radical (unpaired) electrons. The first-order valence-corrected chi connectivity index (χ1v) is 5.60. The molecular formula is C12H15ClN2O2. The number of amides is 1. The molecule has 0 atom stereocenters. The zero-order chi connectivity index (χ0) is 12.5. The van der Waals surface area contributed by atoms with E-state index in [4.69, 9.17) is 22.1 Å². The van der Waals surface area contributed by atoms with Crippen molar-refractivity contribution in [2.24, 2.45) is 5.73 Å². The quantitative estimate of drug-likeness (QED) is 0.754. The van der Waals surface area contributed by atoms with E-state index in [0.29, 0.717) is 23.9 Å². The maximum atomic E-state index is 11.3. The fourth-order valence-electron chi connectivity index (χ4n) is 1.08. The van der Waals surface area contributed by atoms with Crippen LogP contribution in [0.15, 0.2) is 36.4 Å². The summed E-state index contributed by atoms with van der Waals surface area (Å²) < 4.78 is 5.26. The second kappa shape index (κ2) is 7.70. The van der Waals surface area contributed by atoms with Crippen molar-refractivity contribution >= 4 is 17.5 Å². The monoisotopic (exact) mass is 254 g/mol. The Morgan fingerprint density at radius 1 is 1.35 bits per heavy atom. The van der Waals surface area contributed by atoms with Gasteiger partial charge < -0.3 is 15.8 Å².